The minimum absolute atomic E-state index is 0.403. The number of primary amides is 1. The molecule has 0 aliphatic carbocycles. The Morgan fingerprint density at radius 3 is 2.45 bits per heavy atom. The van der Waals surface area contributed by atoms with Crippen molar-refractivity contribution in [1.29, 1.82) is 0 Å². The standard InChI is InChI=1S/C16H17NO3/c1-2-19-15-10-13(16(17)18)8-9-14(15)20-11-12-6-4-3-5-7-12/h3-10H,2,11H2,1H3,(H2,17,18). The van der Waals surface area contributed by atoms with Crippen molar-refractivity contribution in [3.63, 3.8) is 0 Å². The van der Waals surface area contributed by atoms with Crippen molar-refractivity contribution in [2.45, 2.75) is 13.5 Å². The Hall–Kier alpha value is -2.49. The van der Waals surface area contributed by atoms with Gasteiger partial charge in [-0.05, 0) is 30.7 Å². The third-order valence-corrected chi connectivity index (χ3v) is 2.77. The van der Waals surface area contributed by atoms with Crippen LogP contribution in [0.25, 0.3) is 0 Å². The third-order valence-electron chi connectivity index (χ3n) is 2.77. The van der Waals surface area contributed by atoms with Crippen molar-refractivity contribution in [2.24, 2.45) is 5.73 Å². The van der Waals surface area contributed by atoms with E-state index in [1.165, 1.54) is 0 Å². The van der Waals surface area contributed by atoms with Gasteiger partial charge in [-0.15, -0.1) is 0 Å². The molecule has 20 heavy (non-hydrogen) atoms. The Bertz CT molecular complexity index is 582. The molecule has 0 aliphatic heterocycles. The summed E-state index contributed by atoms with van der Waals surface area (Å²) in [5.41, 5.74) is 6.73. The van der Waals surface area contributed by atoms with Gasteiger partial charge in [-0.3, -0.25) is 4.79 Å². The van der Waals surface area contributed by atoms with Crippen LogP contribution in [0.2, 0.25) is 0 Å². The molecule has 1 amide bonds. The van der Waals surface area contributed by atoms with Gasteiger partial charge in [-0.1, -0.05) is 30.3 Å². The smallest absolute Gasteiger partial charge is 0.248 e. The Balaban J connectivity index is 2.16. The van der Waals surface area contributed by atoms with E-state index in [0.717, 1.165) is 5.56 Å². The lowest BCUT2D eigenvalue weighted by molar-refractivity contribution is 0.0999. The van der Waals surface area contributed by atoms with E-state index in [1.54, 1.807) is 18.2 Å². The quantitative estimate of drug-likeness (QED) is 0.878. The van der Waals surface area contributed by atoms with Gasteiger partial charge in [0, 0.05) is 5.56 Å². The molecule has 0 spiro atoms. The highest BCUT2D eigenvalue weighted by Crippen LogP contribution is 2.29. The van der Waals surface area contributed by atoms with Crippen molar-refractivity contribution >= 4 is 5.91 Å². The largest absolute Gasteiger partial charge is 0.490 e. The molecule has 4 heteroatoms. The number of rotatable bonds is 6. The normalized spacial score (nSPS) is 10.1. The summed E-state index contributed by atoms with van der Waals surface area (Å²) in [5, 5.41) is 0. The number of hydrogen-bond acceptors (Lipinski definition) is 3. The van der Waals surface area contributed by atoms with E-state index < -0.39 is 5.91 Å². The maximum Gasteiger partial charge on any atom is 0.248 e. The molecule has 0 aromatic heterocycles. The lowest BCUT2D eigenvalue weighted by atomic mass is 10.2. The van der Waals surface area contributed by atoms with E-state index in [0.29, 0.717) is 30.3 Å². The molecule has 0 aliphatic rings. The highest BCUT2D eigenvalue weighted by Gasteiger charge is 2.09. The first-order chi connectivity index (χ1) is 9.70. The lowest BCUT2D eigenvalue weighted by Gasteiger charge is -2.12. The lowest BCUT2D eigenvalue weighted by Crippen LogP contribution is -2.11. The van der Waals surface area contributed by atoms with Crippen molar-refractivity contribution < 1.29 is 14.3 Å². The van der Waals surface area contributed by atoms with Gasteiger partial charge in [0.05, 0.1) is 6.61 Å². The Labute approximate surface area is 118 Å². The van der Waals surface area contributed by atoms with Crippen LogP contribution in [0.5, 0.6) is 11.5 Å². The molecule has 0 radical (unpaired) electrons. The van der Waals surface area contributed by atoms with Gasteiger partial charge in [0.25, 0.3) is 0 Å². The zero-order valence-electron chi connectivity index (χ0n) is 11.3. The Kier molecular flexibility index (Phi) is 4.60. The summed E-state index contributed by atoms with van der Waals surface area (Å²) in [6.07, 6.45) is 0. The molecular formula is C16H17NO3. The number of hydrogen-bond donors (Lipinski definition) is 1. The van der Waals surface area contributed by atoms with Crippen molar-refractivity contribution in [3.8, 4) is 11.5 Å². The average molecular weight is 271 g/mol. The van der Waals surface area contributed by atoms with E-state index in [2.05, 4.69) is 0 Å². The van der Waals surface area contributed by atoms with Crippen molar-refractivity contribution in [2.75, 3.05) is 6.61 Å². The van der Waals surface area contributed by atoms with Crippen molar-refractivity contribution in [3.05, 3.63) is 59.7 Å². The molecule has 2 aromatic rings. The van der Waals surface area contributed by atoms with Crippen LogP contribution in [0, 0.1) is 0 Å². The molecule has 0 atom stereocenters. The second-order valence-electron chi connectivity index (χ2n) is 4.23. The number of nitrogens with two attached hydrogens (primary N) is 1. The van der Waals surface area contributed by atoms with Gasteiger partial charge in [0.2, 0.25) is 5.91 Å². The predicted molar refractivity (Wildman–Crippen MR) is 76.9 cm³/mol. The first-order valence-corrected chi connectivity index (χ1v) is 6.44. The van der Waals surface area contributed by atoms with Crippen LogP contribution in [0.15, 0.2) is 48.5 Å². The van der Waals surface area contributed by atoms with Crippen LogP contribution in [0.1, 0.15) is 22.8 Å². The van der Waals surface area contributed by atoms with E-state index in [9.17, 15) is 4.79 Å². The number of benzene rings is 2. The van der Waals surface area contributed by atoms with E-state index >= 15 is 0 Å². The zero-order chi connectivity index (χ0) is 14.4. The van der Waals surface area contributed by atoms with E-state index in [-0.39, 0.29) is 0 Å². The second kappa shape index (κ2) is 6.61. The van der Waals surface area contributed by atoms with Crippen LogP contribution >= 0.6 is 0 Å². The molecule has 2 rings (SSSR count). The van der Waals surface area contributed by atoms with Gasteiger partial charge >= 0.3 is 0 Å². The van der Waals surface area contributed by atoms with Crippen LogP contribution in [0.4, 0.5) is 0 Å². The molecule has 0 unspecified atom stereocenters. The summed E-state index contributed by atoms with van der Waals surface area (Å²) >= 11 is 0. The topological polar surface area (TPSA) is 61.5 Å². The summed E-state index contributed by atoms with van der Waals surface area (Å²) in [6.45, 7) is 2.80. The maximum atomic E-state index is 11.2. The van der Waals surface area contributed by atoms with Crippen LogP contribution < -0.4 is 15.2 Å². The highest BCUT2D eigenvalue weighted by molar-refractivity contribution is 5.93. The molecular weight excluding hydrogens is 254 g/mol. The number of ether oxygens (including phenoxy) is 2. The van der Waals surface area contributed by atoms with E-state index in [4.69, 9.17) is 15.2 Å². The Morgan fingerprint density at radius 2 is 1.80 bits per heavy atom. The number of carbonyl (C=O) groups is 1. The second-order valence-corrected chi connectivity index (χ2v) is 4.23. The minimum Gasteiger partial charge on any atom is -0.490 e. The molecule has 0 fully saturated rings. The van der Waals surface area contributed by atoms with E-state index in [1.807, 2.05) is 37.3 Å². The van der Waals surface area contributed by atoms with Gasteiger partial charge in [-0.25, -0.2) is 0 Å². The first-order valence-electron chi connectivity index (χ1n) is 6.44. The van der Waals surface area contributed by atoms with Crippen LogP contribution in [-0.4, -0.2) is 12.5 Å². The van der Waals surface area contributed by atoms with Gasteiger partial charge in [0.1, 0.15) is 6.61 Å². The molecule has 104 valence electrons. The zero-order valence-corrected chi connectivity index (χ0v) is 11.3. The Morgan fingerprint density at radius 1 is 1.05 bits per heavy atom. The number of carbonyl (C=O) groups excluding carboxylic acids is 1. The third kappa shape index (κ3) is 3.51. The maximum absolute atomic E-state index is 11.2. The fourth-order valence-corrected chi connectivity index (χ4v) is 1.78. The van der Waals surface area contributed by atoms with Crippen LogP contribution in [0.3, 0.4) is 0 Å². The molecule has 0 saturated heterocycles. The predicted octanol–water partition coefficient (Wildman–Crippen LogP) is 2.76. The summed E-state index contributed by atoms with van der Waals surface area (Å²) in [5.74, 6) is 0.640. The molecule has 0 bridgehead atoms. The monoisotopic (exact) mass is 271 g/mol. The summed E-state index contributed by atoms with van der Waals surface area (Å²) in [7, 11) is 0. The van der Waals surface area contributed by atoms with Gasteiger partial charge in [0.15, 0.2) is 11.5 Å². The fourth-order valence-electron chi connectivity index (χ4n) is 1.78. The summed E-state index contributed by atoms with van der Waals surface area (Å²) < 4.78 is 11.2. The molecule has 2 aromatic carbocycles. The van der Waals surface area contributed by atoms with Crippen molar-refractivity contribution in [1.82, 2.24) is 0 Å². The average Bonchev–Trinajstić information content (AvgIpc) is 2.47. The molecule has 0 saturated carbocycles. The summed E-state index contributed by atoms with van der Waals surface area (Å²) in [6, 6.07) is 14.8. The fraction of sp³-hybridized carbons (Fsp3) is 0.188. The molecule has 4 nitrogen and oxygen atoms in total. The minimum atomic E-state index is -0.486. The van der Waals surface area contributed by atoms with Crippen LogP contribution in [-0.2, 0) is 6.61 Å². The molecule has 0 heterocycles. The SMILES string of the molecule is CCOc1cc(C(N)=O)ccc1OCc1ccccc1. The van der Waals surface area contributed by atoms with Gasteiger partial charge in [-0.2, -0.15) is 0 Å². The first kappa shape index (κ1) is 13.9. The number of amides is 1. The van der Waals surface area contributed by atoms with Gasteiger partial charge < -0.3 is 15.2 Å². The molecule has 2 N–H and O–H groups in total. The summed E-state index contributed by atoms with van der Waals surface area (Å²) in [4.78, 5) is 11.2. The highest BCUT2D eigenvalue weighted by atomic mass is 16.5.